The summed E-state index contributed by atoms with van der Waals surface area (Å²) < 4.78 is 15.7. The number of guanidine groups is 1. The maximum Gasteiger partial charge on any atom is 0.409 e. The minimum atomic E-state index is -0.245. The zero-order valence-corrected chi connectivity index (χ0v) is 17.1. The molecule has 0 aromatic heterocycles. The molecule has 3 rings (SSSR count). The van der Waals surface area contributed by atoms with E-state index in [1.807, 2.05) is 25.1 Å². The van der Waals surface area contributed by atoms with Gasteiger partial charge >= 0.3 is 6.09 Å². The van der Waals surface area contributed by atoms with E-state index in [9.17, 15) is 4.79 Å². The van der Waals surface area contributed by atoms with Crippen molar-refractivity contribution in [3.05, 3.63) is 23.8 Å². The number of amides is 1. The van der Waals surface area contributed by atoms with E-state index in [-0.39, 0.29) is 42.9 Å². The van der Waals surface area contributed by atoms with E-state index in [4.69, 9.17) is 19.9 Å². The number of piperidine rings is 1. The van der Waals surface area contributed by atoms with Crippen molar-refractivity contribution in [3.8, 4) is 11.5 Å². The molecule has 9 heteroatoms. The predicted octanol–water partition coefficient (Wildman–Crippen LogP) is 2.06. The van der Waals surface area contributed by atoms with Gasteiger partial charge in [-0.05, 0) is 37.5 Å². The topological polar surface area (TPSA) is 98.4 Å². The standard InChI is InChI=1S/C17H24N4O4.HI/c1-2-23-17(22)21-7-5-13(6-8-21)20-16(18)19-10-12-3-4-14-15(9-12)25-11-24-14;/h3-4,9,13H,2,5-8,10-11H2,1H3,(H3,18,19,20);1H. The highest BCUT2D eigenvalue weighted by atomic mass is 127. The summed E-state index contributed by atoms with van der Waals surface area (Å²) in [5, 5.41) is 3.23. The highest BCUT2D eigenvalue weighted by Gasteiger charge is 2.23. The number of nitrogens with one attached hydrogen (secondary N) is 1. The Morgan fingerprint density at radius 3 is 2.81 bits per heavy atom. The first-order chi connectivity index (χ1) is 12.2. The van der Waals surface area contributed by atoms with Gasteiger partial charge in [-0.2, -0.15) is 0 Å². The Morgan fingerprint density at radius 1 is 1.35 bits per heavy atom. The normalized spacial score (nSPS) is 16.8. The average Bonchev–Trinajstić information content (AvgIpc) is 3.08. The lowest BCUT2D eigenvalue weighted by atomic mass is 10.1. The second-order valence-corrected chi connectivity index (χ2v) is 5.99. The molecule has 0 spiro atoms. The number of halogens is 1. The molecular weight excluding hydrogens is 451 g/mol. The molecule has 8 nitrogen and oxygen atoms in total. The van der Waals surface area contributed by atoms with Gasteiger partial charge in [-0.3, -0.25) is 0 Å². The van der Waals surface area contributed by atoms with Crippen molar-refractivity contribution < 1.29 is 19.0 Å². The second-order valence-electron chi connectivity index (χ2n) is 5.99. The fourth-order valence-corrected chi connectivity index (χ4v) is 2.89. The smallest absolute Gasteiger partial charge is 0.409 e. The molecule has 1 aromatic carbocycles. The molecule has 0 atom stereocenters. The van der Waals surface area contributed by atoms with Gasteiger partial charge < -0.3 is 30.2 Å². The van der Waals surface area contributed by atoms with E-state index >= 15 is 0 Å². The number of aliphatic imine (C=N–C) groups is 1. The molecule has 0 radical (unpaired) electrons. The average molecular weight is 476 g/mol. The van der Waals surface area contributed by atoms with Crippen molar-refractivity contribution in [2.45, 2.75) is 32.4 Å². The molecule has 2 aliphatic rings. The molecular formula is C17H25IN4O4. The molecule has 144 valence electrons. The summed E-state index contributed by atoms with van der Waals surface area (Å²) >= 11 is 0. The van der Waals surface area contributed by atoms with Crippen LogP contribution < -0.4 is 20.5 Å². The zero-order valence-electron chi connectivity index (χ0n) is 14.8. The maximum absolute atomic E-state index is 11.7. The van der Waals surface area contributed by atoms with Crippen LogP contribution in [0, 0.1) is 0 Å². The number of rotatable bonds is 4. The molecule has 0 bridgehead atoms. The second kappa shape index (κ2) is 9.70. The van der Waals surface area contributed by atoms with Crippen molar-refractivity contribution in [3.63, 3.8) is 0 Å². The number of ether oxygens (including phenoxy) is 3. The summed E-state index contributed by atoms with van der Waals surface area (Å²) in [6.45, 7) is 4.26. The van der Waals surface area contributed by atoms with Crippen molar-refractivity contribution in [1.82, 2.24) is 10.2 Å². The third-order valence-electron chi connectivity index (χ3n) is 4.24. The highest BCUT2D eigenvalue weighted by Crippen LogP contribution is 2.32. The van der Waals surface area contributed by atoms with Gasteiger partial charge in [0.1, 0.15) is 0 Å². The minimum Gasteiger partial charge on any atom is -0.454 e. The monoisotopic (exact) mass is 476 g/mol. The summed E-state index contributed by atoms with van der Waals surface area (Å²) in [6.07, 6.45) is 1.39. The fourth-order valence-electron chi connectivity index (χ4n) is 2.89. The molecule has 1 aromatic rings. The number of fused-ring (bicyclic) bond motifs is 1. The minimum absolute atomic E-state index is 0. The van der Waals surface area contributed by atoms with E-state index in [1.165, 1.54) is 0 Å². The highest BCUT2D eigenvalue weighted by molar-refractivity contribution is 14.0. The molecule has 3 N–H and O–H groups in total. The van der Waals surface area contributed by atoms with Gasteiger partial charge in [0.2, 0.25) is 6.79 Å². The van der Waals surface area contributed by atoms with Gasteiger partial charge in [0.15, 0.2) is 17.5 Å². The summed E-state index contributed by atoms with van der Waals surface area (Å²) in [4.78, 5) is 17.8. The molecule has 0 saturated carbocycles. The van der Waals surface area contributed by atoms with Crippen molar-refractivity contribution in [2.75, 3.05) is 26.5 Å². The first-order valence-electron chi connectivity index (χ1n) is 8.52. The van der Waals surface area contributed by atoms with Crippen LogP contribution in [0.5, 0.6) is 11.5 Å². The lowest BCUT2D eigenvalue weighted by Crippen LogP contribution is -2.48. The first kappa shape index (κ1) is 20.4. The Labute approximate surface area is 170 Å². The van der Waals surface area contributed by atoms with E-state index in [1.54, 1.807) is 4.90 Å². The van der Waals surface area contributed by atoms with Crippen molar-refractivity contribution in [2.24, 2.45) is 10.7 Å². The van der Waals surface area contributed by atoms with Crippen LogP contribution in [-0.2, 0) is 11.3 Å². The Hall–Kier alpha value is -1.91. The molecule has 1 saturated heterocycles. The number of benzene rings is 1. The third kappa shape index (κ3) is 5.29. The SMILES string of the molecule is CCOC(=O)N1CCC(NC(N)=NCc2ccc3c(c2)OCO3)CC1.I. The van der Waals surface area contributed by atoms with Crippen LogP contribution in [0.4, 0.5) is 4.79 Å². The predicted molar refractivity (Wildman–Crippen MR) is 108 cm³/mol. The van der Waals surface area contributed by atoms with Gasteiger partial charge in [0.25, 0.3) is 0 Å². The number of hydrogen-bond acceptors (Lipinski definition) is 5. The molecule has 26 heavy (non-hydrogen) atoms. The fraction of sp³-hybridized carbons (Fsp3) is 0.529. The van der Waals surface area contributed by atoms with E-state index in [0.29, 0.717) is 32.2 Å². The van der Waals surface area contributed by atoms with Gasteiger partial charge in [0, 0.05) is 19.1 Å². The lowest BCUT2D eigenvalue weighted by molar-refractivity contribution is 0.0963. The van der Waals surface area contributed by atoms with E-state index < -0.39 is 0 Å². The summed E-state index contributed by atoms with van der Waals surface area (Å²) in [5.74, 6) is 1.91. The third-order valence-corrected chi connectivity index (χ3v) is 4.24. The number of nitrogens with two attached hydrogens (primary N) is 1. The molecule has 2 heterocycles. The van der Waals surface area contributed by atoms with Crippen LogP contribution in [0.15, 0.2) is 23.2 Å². The Kier molecular flexibility index (Phi) is 7.61. The zero-order chi connectivity index (χ0) is 17.6. The van der Waals surface area contributed by atoms with Gasteiger partial charge in [-0.1, -0.05) is 6.07 Å². The number of carbonyl (C=O) groups excluding carboxylic acids is 1. The van der Waals surface area contributed by atoms with Crippen molar-refractivity contribution >= 4 is 36.0 Å². The quantitative estimate of drug-likeness (QED) is 0.392. The Balaban J connectivity index is 0.00000243. The molecule has 0 unspecified atom stereocenters. The van der Waals surface area contributed by atoms with Crippen LogP contribution in [0.25, 0.3) is 0 Å². The van der Waals surface area contributed by atoms with Crippen LogP contribution >= 0.6 is 24.0 Å². The maximum atomic E-state index is 11.7. The van der Waals surface area contributed by atoms with Gasteiger partial charge in [-0.15, -0.1) is 24.0 Å². The van der Waals surface area contributed by atoms with Gasteiger partial charge in [0.05, 0.1) is 13.2 Å². The molecule has 1 amide bonds. The molecule has 1 fully saturated rings. The number of nitrogens with zero attached hydrogens (tertiary/aromatic N) is 2. The molecule has 0 aliphatic carbocycles. The van der Waals surface area contributed by atoms with Crippen LogP contribution in [-0.4, -0.2) is 49.5 Å². The number of carbonyl (C=O) groups is 1. The number of likely N-dealkylation sites (tertiary alicyclic amines) is 1. The molecule has 2 aliphatic heterocycles. The first-order valence-corrected chi connectivity index (χ1v) is 8.52. The Bertz CT molecular complexity index is 648. The summed E-state index contributed by atoms with van der Waals surface area (Å²) in [5.41, 5.74) is 6.99. The van der Waals surface area contributed by atoms with Crippen LogP contribution in [0.1, 0.15) is 25.3 Å². The largest absolute Gasteiger partial charge is 0.454 e. The van der Waals surface area contributed by atoms with E-state index in [2.05, 4.69) is 10.3 Å². The summed E-state index contributed by atoms with van der Waals surface area (Å²) in [7, 11) is 0. The van der Waals surface area contributed by atoms with Crippen LogP contribution in [0.2, 0.25) is 0 Å². The number of hydrogen-bond donors (Lipinski definition) is 2. The summed E-state index contributed by atoms with van der Waals surface area (Å²) in [6, 6.07) is 5.95. The van der Waals surface area contributed by atoms with E-state index in [0.717, 1.165) is 29.9 Å². The van der Waals surface area contributed by atoms with Gasteiger partial charge in [-0.25, -0.2) is 9.79 Å². The Morgan fingerprint density at radius 2 is 2.08 bits per heavy atom. The van der Waals surface area contributed by atoms with Crippen LogP contribution in [0.3, 0.4) is 0 Å². The van der Waals surface area contributed by atoms with Crippen molar-refractivity contribution in [1.29, 1.82) is 0 Å². The lowest BCUT2D eigenvalue weighted by Gasteiger charge is -2.31.